The van der Waals surface area contributed by atoms with E-state index in [1.807, 2.05) is 0 Å². The van der Waals surface area contributed by atoms with Gasteiger partial charge in [0.2, 0.25) is 0 Å². The molecule has 0 aromatic heterocycles. The molecule has 3 atom stereocenters. The Bertz CT molecular complexity index is 281. The molecule has 1 rings (SSSR count). The van der Waals surface area contributed by atoms with Crippen LogP contribution < -0.4 is 0 Å². The largest absolute Gasteiger partial charge is 0.393 e. The van der Waals surface area contributed by atoms with Crippen LogP contribution in [-0.4, -0.2) is 27.7 Å². The van der Waals surface area contributed by atoms with Crippen LogP contribution in [0.25, 0.3) is 0 Å². The zero-order valence-electron chi connectivity index (χ0n) is 10.9. The highest BCUT2D eigenvalue weighted by Gasteiger charge is 2.29. The molecule has 0 aliphatic heterocycles. The fourth-order valence-electron chi connectivity index (χ4n) is 2.22. The van der Waals surface area contributed by atoms with E-state index in [1.165, 1.54) is 0 Å². The maximum atomic E-state index is 11.5. The van der Waals surface area contributed by atoms with Gasteiger partial charge in [0, 0.05) is 12.3 Å². The van der Waals surface area contributed by atoms with Gasteiger partial charge >= 0.3 is 0 Å². The smallest absolute Gasteiger partial charge is 0.142 e. The first-order chi connectivity index (χ1) is 7.94. The first-order valence-electron chi connectivity index (χ1n) is 6.57. The van der Waals surface area contributed by atoms with Gasteiger partial charge in [0.25, 0.3) is 0 Å². The van der Waals surface area contributed by atoms with Gasteiger partial charge in [-0.1, -0.05) is 38.3 Å². The van der Waals surface area contributed by atoms with E-state index in [0.717, 1.165) is 25.7 Å². The molecule has 98 valence electrons. The van der Waals surface area contributed by atoms with Crippen molar-refractivity contribution in [3.8, 4) is 0 Å². The lowest BCUT2D eigenvalue weighted by atomic mass is 9.95. The second-order valence-corrected chi connectivity index (χ2v) is 5.34. The van der Waals surface area contributed by atoms with Gasteiger partial charge in [-0.15, -0.1) is 0 Å². The first kappa shape index (κ1) is 14.4. The second-order valence-electron chi connectivity index (χ2n) is 5.34. The van der Waals surface area contributed by atoms with E-state index < -0.39 is 11.7 Å². The average molecular weight is 240 g/mol. The molecule has 0 amide bonds. The number of rotatable bonds is 6. The lowest BCUT2D eigenvalue weighted by Gasteiger charge is -2.19. The molecule has 1 saturated carbocycles. The lowest BCUT2D eigenvalue weighted by Crippen LogP contribution is -2.21. The van der Waals surface area contributed by atoms with Crippen molar-refractivity contribution >= 4 is 5.78 Å². The molecule has 1 aliphatic rings. The van der Waals surface area contributed by atoms with Crippen molar-refractivity contribution in [2.75, 3.05) is 0 Å². The summed E-state index contributed by atoms with van der Waals surface area (Å²) >= 11 is 0. The predicted octanol–water partition coefficient (Wildman–Crippen LogP) is 2.21. The van der Waals surface area contributed by atoms with E-state index in [1.54, 1.807) is 19.1 Å². The molecule has 17 heavy (non-hydrogen) atoms. The van der Waals surface area contributed by atoms with Crippen LogP contribution in [0.1, 0.15) is 52.4 Å². The first-order valence-corrected chi connectivity index (χ1v) is 6.57. The number of unbranched alkanes of at least 4 members (excludes halogenated alkanes) is 2. The SMILES string of the molecule is CCCCC[C@@](C)(O)/C=C/[C@@H]1CC(O)CC1=O. The summed E-state index contributed by atoms with van der Waals surface area (Å²) in [5.74, 6) is -0.124. The number of aliphatic hydroxyl groups excluding tert-OH is 1. The van der Waals surface area contributed by atoms with Crippen molar-refractivity contribution in [1.29, 1.82) is 0 Å². The molecular formula is C14H24O3. The molecule has 0 aromatic carbocycles. The molecule has 1 fully saturated rings. The third-order valence-electron chi connectivity index (χ3n) is 3.35. The van der Waals surface area contributed by atoms with Crippen molar-refractivity contribution in [3.63, 3.8) is 0 Å². The number of carbonyl (C=O) groups excluding carboxylic acids is 1. The number of aliphatic hydroxyl groups is 2. The summed E-state index contributed by atoms with van der Waals surface area (Å²) < 4.78 is 0. The van der Waals surface area contributed by atoms with Gasteiger partial charge in [0.05, 0.1) is 11.7 Å². The van der Waals surface area contributed by atoms with Gasteiger partial charge in [-0.05, 0) is 19.8 Å². The Morgan fingerprint density at radius 2 is 2.18 bits per heavy atom. The van der Waals surface area contributed by atoms with Gasteiger partial charge in [0.1, 0.15) is 5.78 Å². The highest BCUT2D eigenvalue weighted by Crippen LogP contribution is 2.25. The van der Waals surface area contributed by atoms with E-state index in [9.17, 15) is 15.0 Å². The Kier molecular flexibility index (Phi) is 5.34. The zero-order valence-corrected chi connectivity index (χ0v) is 10.9. The van der Waals surface area contributed by atoms with E-state index in [4.69, 9.17) is 0 Å². The molecule has 0 bridgehead atoms. The molecule has 2 N–H and O–H groups in total. The number of hydrogen-bond acceptors (Lipinski definition) is 3. The maximum absolute atomic E-state index is 11.5. The van der Waals surface area contributed by atoms with Crippen LogP contribution in [-0.2, 0) is 4.79 Å². The quantitative estimate of drug-likeness (QED) is 0.553. The van der Waals surface area contributed by atoms with Gasteiger partial charge in [-0.3, -0.25) is 4.79 Å². The monoisotopic (exact) mass is 240 g/mol. The van der Waals surface area contributed by atoms with E-state index in [0.29, 0.717) is 6.42 Å². The van der Waals surface area contributed by atoms with E-state index >= 15 is 0 Å². The molecule has 3 heteroatoms. The number of allylic oxidation sites excluding steroid dienone is 1. The van der Waals surface area contributed by atoms with Gasteiger partial charge in [-0.25, -0.2) is 0 Å². The average Bonchev–Trinajstić information content (AvgIpc) is 2.55. The van der Waals surface area contributed by atoms with E-state index in [-0.39, 0.29) is 18.1 Å². The number of hydrogen-bond donors (Lipinski definition) is 2. The van der Waals surface area contributed by atoms with Gasteiger partial charge < -0.3 is 10.2 Å². The summed E-state index contributed by atoms with van der Waals surface area (Å²) in [6, 6.07) is 0. The maximum Gasteiger partial charge on any atom is 0.142 e. The van der Waals surface area contributed by atoms with Crippen molar-refractivity contribution in [3.05, 3.63) is 12.2 Å². The highest BCUT2D eigenvalue weighted by molar-refractivity contribution is 5.85. The molecule has 3 nitrogen and oxygen atoms in total. The molecule has 0 radical (unpaired) electrons. The third kappa shape index (κ3) is 5.00. The standard InChI is InChI=1S/C14H24O3/c1-3-4-5-7-14(2,17)8-6-11-9-12(15)10-13(11)16/h6,8,11-12,15,17H,3-5,7,9-10H2,1-2H3/b8-6+/t11-,12?,14-/m1/s1. The van der Waals surface area contributed by atoms with Crippen LogP contribution in [0.4, 0.5) is 0 Å². The van der Waals surface area contributed by atoms with Crippen molar-refractivity contribution in [1.82, 2.24) is 0 Å². The third-order valence-corrected chi connectivity index (χ3v) is 3.35. The Morgan fingerprint density at radius 1 is 1.47 bits per heavy atom. The number of ketones is 1. The summed E-state index contributed by atoms with van der Waals surface area (Å²) in [6.07, 6.45) is 7.72. The fraction of sp³-hybridized carbons (Fsp3) is 0.786. The molecular weight excluding hydrogens is 216 g/mol. The summed E-state index contributed by atoms with van der Waals surface area (Å²) in [4.78, 5) is 11.5. The van der Waals surface area contributed by atoms with Crippen molar-refractivity contribution in [2.24, 2.45) is 5.92 Å². The highest BCUT2D eigenvalue weighted by atomic mass is 16.3. The Labute approximate surface area is 104 Å². The minimum Gasteiger partial charge on any atom is -0.393 e. The number of Topliss-reactive ketones (excluding diaryl/α,β-unsaturated/α-hetero) is 1. The fourth-order valence-corrected chi connectivity index (χ4v) is 2.22. The lowest BCUT2D eigenvalue weighted by molar-refractivity contribution is -0.119. The molecule has 0 spiro atoms. The van der Waals surface area contributed by atoms with Crippen LogP contribution in [0.15, 0.2) is 12.2 Å². The molecule has 0 heterocycles. The number of carbonyl (C=O) groups is 1. The molecule has 1 unspecified atom stereocenters. The summed E-state index contributed by atoms with van der Waals surface area (Å²) in [7, 11) is 0. The van der Waals surface area contributed by atoms with Crippen molar-refractivity contribution < 1.29 is 15.0 Å². The van der Waals surface area contributed by atoms with Crippen LogP contribution in [0.3, 0.4) is 0 Å². The molecule has 0 aromatic rings. The molecule has 0 saturated heterocycles. The van der Waals surface area contributed by atoms with Gasteiger partial charge in [0.15, 0.2) is 0 Å². The summed E-state index contributed by atoms with van der Waals surface area (Å²) in [6.45, 7) is 3.90. The Hall–Kier alpha value is -0.670. The predicted molar refractivity (Wildman–Crippen MR) is 67.6 cm³/mol. The second kappa shape index (κ2) is 6.31. The zero-order chi connectivity index (χ0) is 12.9. The van der Waals surface area contributed by atoms with Crippen LogP contribution in [0, 0.1) is 5.92 Å². The van der Waals surface area contributed by atoms with Crippen LogP contribution in [0.2, 0.25) is 0 Å². The minimum atomic E-state index is -0.830. The van der Waals surface area contributed by atoms with Crippen LogP contribution in [0.5, 0.6) is 0 Å². The van der Waals surface area contributed by atoms with Crippen LogP contribution >= 0.6 is 0 Å². The van der Waals surface area contributed by atoms with E-state index in [2.05, 4.69) is 6.92 Å². The van der Waals surface area contributed by atoms with Gasteiger partial charge in [-0.2, -0.15) is 0 Å². The Balaban J connectivity index is 2.43. The normalized spacial score (nSPS) is 28.8. The Morgan fingerprint density at radius 3 is 2.71 bits per heavy atom. The molecule has 1 aliphatic carbocycles. The minimum absolute atomic E-state index is 0.0816. The summed E-state index contributed by atoms with van der Waals surface area (Å²) in [5.41, 5.74) is -0.830. The summed E-state index contributed by atoms with van der Waals surface area (Å²) in [5, 5.41) is 19.4. The van der Waals surface area contributed by atoms with Crippen molar-refractivity contribution in [2.45, 2.75) is 64.1 Å². The topological polar surface area (TPSA) is 57.5 Å².